The molecule has 0 aromatic carbocycles. The first kappa shape index (κ1) is 37.5. The summed E-state index contributed by atoms with van der Waals surface area (Å²) in [4.78, 5) is 11.4. The molecule has 2 aliphatic carbocycles. The number of aliphatic hydroxyl groups is 1. The van der Waals surface area contributed by atoms with Crippen molar-refractivity contribution in [2.75, 3.05) is 7.11 Å². The van der Waals surface area contributed by atoms with Crippen molar-refractivity contribution in [2.45, 2.75) is 167 Å². The van der Waals surface area contributed by atoms with Gasteiger partial charge in [0.15, 0.2) is 16.6 Å². The Hall–Kier alpha value is -0.736. The van der Waals surface area contributed by atoms with Gasteiger partial charge in [0.2, 0.25) is 0 Å². The third-order valence-corrected chi connectivity index (χ3v) is 20.4. The van der Waals surface area contributed by atoms with Gasteiger partial charge in [0.05, 0.1) is 25.4 Å². The number of methoxy groups -OCH3 is 1. The minimum atomic E-state index is -2.01. The van der Waals surface area contributed by atoms with Gasteiger partial charge in [-0.05, 0) is 99.0 Å². The Balaban J connectivity index is 2.27. The minimum absolute atomic E-state index is 0.0264. The first-order valence-corrected chi connectivity index (χ1v) is 22.5. The molecule has 0 radical (unpaired) electrons. The predicted molar refractivity (Wildman–Crippen MR) is 182 cm³/mol. The van der Waals surface area contributed by atoms with Crippen LogP contribution < -0.4 is 0 Å². The van der Waals surface area contributed by atoms with Crippen molar-refractivity contribution in [3.05, 3.63) is 24.3 Å². The number of rotatable bonds is 15. The molecule has 2 saturated carbocycles. The van der Waals surface area contributed by atoms with Crippen LogP contribution in [0.2, 0.25) is 36.3 Å². The maximum Gasteiger partial charge on any atom is 0.305 e. The predicted octanol–water partition coefficient (Wildman–Crippen LogP) is 9.58. The van der Waals surface area contributed by atoms with Gasteiger partial charge in [0.25, 0.3) is 0 Å². The van der Waals surface area contributed by atoms with Crippen LogP contribution in [0.4, 0.5) is 0 Å². The fraction of sp³-hybridized carbons (Fsp3) is 0.857. The lowest BCUT2D eigenvalue weighted by Crippen LogP contribution is -2.51. The fourth-order valence-electron chi connectivity index (χ4n) is 6.05. The number of carbonyl (C=O) groups excluding carboxylic acids is 1. The van der Waals surface area contributed by atoms with Crippen molar-refractivity contribution in [3.8, 4) is 0 Å². The highest BCUT2D eigenvalue weighted by atomic mass is 28.4. The van der Waals surface area contributed by atoms with E-state index in [0.717, 1.165) is 25.7 Å². The summed E-state index contributed by atoms with van der Waals surface area (Å²) in [7, 11) is -2.49. The molecule has 1 unspecified atom stereocenters. The highest BCUT2D eigenvalue weighted by Gasteiger charge is 2.49. The van der Waals surface area contributed by atoms with Gasteiger partial charge in [0, 0.05) is 12.3 Å². The Morgan fingerprint density at radius 2 is 1.62 bits per heavy atom. The number of hydrogen-bond acceptors (Lipinski definition) is 5. The van der Waals surface area contributed by atoms with Crippen LogP contribution in [0.25, 0.3) is 0 Å². The van der Waals surface area contributed by atoms with Crippen molar-refractivity contribution < 1.29 is 23.5 Å². The molecule has 0 aromatic rings. The lowest BCUT2D eigenvalue weighted by molar-refractivity contribution is -0.140. The van der Waals surface area contributed by atoms with E-state index >= 15 is 0 Å². The van der Waals surface area contributed by atoms with E-state index in [1.807, 2.05) is 0 Å². The van der Waals surface area contributed by atoms with Gasteiger partial charge in [-0.3, -0.25) is 4.79 Å². The van der Waals surface area contributed by atoms with Crippen molar-refractivity contribution in [1.29, 1.82) is 0 Å². The number of allylic oxidation sites excluding steroid dienone is 2. The van der Waals surface area contributed by atoms with Crippen LogP contribution in [0.15, 0.2) is 24.3 Å². The zero-order valence-corrected chi connectivity index (χ0v) is 31.3. The molecule has 5 nitrogen and oxygen atoms in total. The summed E-state index contributed by atoms with van der Waals surface area (Å²) >= 11 is 0. The Labute approximate surface area is 261 Å². The lowest BCUT2D eigenvalue weighted by Gasteiger charge is -2.51. The third-order valence-electron chi connectivity index (χ3n) is 11.4. The first-order valence-electron chi connectivity index (χ1n) is 16.7. The molecule has 2 fully saturated rings. The van der Waals surface area contributed by atoms with Gasteiger partial charge in [-0.15, -0.1) is 0 Å². The molecule has 5 atom stereocenters. The summed E-state index contributed by atoms with van der Waals surface area (Å²) < 4.78 is 18.9. The van der Waals surface area contributed by atoms with Gasteiger partial charge in [-0.2, -0.15) is 0 Å². The molecule has 244 valence electrons. The van der Waals surface area contributed by atoms with Crippen LogP contribution in [0.1, 0.15) is 113 Å². The van der Waals surface area contributed by atoms with Gasteiger partial charge < -0.3 is 18.7 Å². The average molecular weight is 623 g/mol. The smallest absolute Gasteiger partial charge is 0.305 e. The second-order valence-corrected chi connectivity index (χ2v) is 25.7. The van der Waals surface area contributed by atoms with E-state index < -0.39 is 16.6 Å². The van der Waals surface area contributed by atoms with Crippen molar-refractivity contribution in [2.24, 2.45) is 17.3 Å². The molecule has 0 aliphatic heterocycles. The van der Waals surface area contributed by atoms with E-state index in [2.05, 4.69) is 99.0 Å². The largest absolute Gasteiger partial charge is 0.469 e. The lowest BCUT2D eigenvalue weighted by atomic mass is 9.63. The molecular weight excluding hydrogens is 557 g/mol. The van der Waals surface area contributed by atoms with Gasteiger partial charge in [0.1, 0.15) is 0 Å². The first-order chi connectivity index (χ1) is 19.3. The van der Waals surface area contributed by atoms with Crippen LogP contribution in [-0.4, -0.2) is 53.1 Å². The SMILES string of the molecule is CCC1(C(CC=C[C@H]2[C@@H](CC=CCCCC(=O)OC)[C@H](O)C[C@H]2O[Si](C)(C)C(C)(C)C)O[Si](C)(C)C(C)(C)C)CCC1. The Bertz CT molecular complexity index is 902. The normalized spacial score (nSPS) is 26.1. The van der Waals surface area contributed by atoms with E-state index in [1.165, 1.54) is 32.8 Å². The molecule has 42 heavy (non-hydrogen) atoms. The highest BCUT2D eigenvalue weighted by Crippen LogP contribution is 2.51. The number of carbonyl (C=O) groups is 1. The zero-order valence-electron chi connectivity index (χ0n) is 29.3. The van der Waals surface area contributed by atoms with E-state index in [9.17, 15) is 9.90 Å². The number of ether oxygens (including phenoxy) is 1. The number of unbranched alkanes of at least 4 members (excludes halogenated alkanes) is 1. The number of hydrogen-bond donors (Lipinski definition) is 1. The molecule has 0 spiro atoms. The van der Waals surface area contributed by atoms with Gasteiger partial charge >= 0.3 is 5.97 Å². The molecule has 0 amide bonds. The van der Waals surface area contributed by atoms with Crippen molar-refractivity contribution in [3.63, 3.8) is 0 Å². The summed E-state index contributed by atoms with van der Waals surface area (Å²) in [6.45, 7) is 25.6. The maximum atomic E-state index is 11.4. The second kappa shape index (κ2) is 15.0. The fourth-order valence-corrected chi connectivity index (χ4v) is 8.83. The van der Waals surface area contributed by atoms with Crippen molar-refractivity contribution >= 4 is 22.6 Å². The molecule has 0 saturated heterocycles. The number of esters is 1. The average Bonchev–Trinajstić information content (AvgIpc) is 3.12. The molecule has 7 heteroatoms. The van der Waals surface area contributed by atoms with Gasteiger partial charge in [-0.1, -0.05) is 79.2 Å². The molecule has 1 N–H and O–H groups in total. The summed E-state index contributed by atoms with van der Waals surface area (Å²) in [6, 6.07) is 0. The molecule has 2 rings (SSSR count). The van der Waals surface area contributed by atoms with E-state index in [0.29, 0.717) is 18.3 Å². The van der Waals surface area contributed by atoms with E-state index in [1.54, 1.807) is 0 Å². The summed E-state index contributed by atoms with van der Waals surface area (Å²) in [5.74, 6) is 0.130. The Morgan fingerprint density at radius 1 is 1.00 bits per heavy atom. The van der Waals surface area contributed by atoms with Crippen molar-refractivity contribution in [1.82, 2.24) is 0 Å². The topological polar surface area (TPSA) is 65.0 Å². The molecular formula is C35H66O5Si2. The molecule has 0 heterocycles. The quantitative estimate of drug-likeness (QED) is 0.0853. The summed E-state index contributed by atoms with van der Waals surface area (Å²) in [5, 5.41) is 11.6. The van der Waals surface area contributed by atoms with E-state index in [4.69, 9.17) is 13.6 Å². The van der Waals surface area contributed by atoms with Crippen LogP contribution in [-0.2, 0) is 18.4 Å². The highest BCUT2D eigenvalue weighted by molar-refractivity contribution is 6.74. The maximum absolute atomic E-state index is 11.4. The summed E-state index contributed by atoms with van der Waals surface area (Å²) in [5.41, 5.74) is 0.290. The standard InChI is InChI=1S/C35H66O5Si2/c1-13-35(24-19-25-35)31(40-42(11,12)34(5,6)7)22-18-21-28-27(20-16-14-15-17-23-32(37)38-8)29(36)26-30(28)39-41(9,10)33(2,3)4/h14,16,18,21,27-31,36H,13,15,17,19-20,22-26H2,1-12H3/t27-,28+,29-,30-,31?/m1/s1. The van der Waals surface area contributed by atoms with Crippen LogP contribution >= 0.6 is 0 Å². The van der Waals surface area contributed by atoms with Crippen LogP contribution in [0, 0.1) is 17.3 Å². The Kier molecular flexibility index (Phi) is 13.4. The zero-order chi connectivity index (χ0) is 32.0. The molecule has 2 aliphatic rings. The Morgan fingerprint density at radius 3 is 2.12 bits per heavy atom. The monoisotopic (exact) mass is 622 g/mol. The van der Waals surface area contributed by atoms with Gasteiger partial charge in [-0.25, -0.2) is 0 Å². The number of aliphatic hydroxyl groups excluding tert-OH is 1. The van der Waals surface area contributed by atoms with Crippen LogP contribution in [0.3, 0.4) is 0 Å². The minimum Gasteiger partial charge on any atom is -0.469 e. The van der Waals surface area contributed by atoms with E-state index in [-0.39, 0.29) is 46.2 Å². The summed E-state index contributed by atoms with van der Waals surface area (Å²) in [6.07, 6.45) is 18.5. The van der Waals surface area contributed by atoms with Crippen LogP contribution in [0.5, 0.6) is 0 Å². The molecule has 0 bridgehead atoms. The second-order valence-electron chi connectivity index (χ2n) is 16.2. The third kappa shape index (κ3) is 9.63. The molecule has 0 aromatic heterocycles.